The SMILES string of the molecule is CCc1nn(C)cc1CNc1cccc(Br)c1C#N. The maximum Gasteiger partial charge on any atom is 0.103 e. The summed E-state index contributed by atoms with van der Waals surface area (Å²) in [5.74, 6) is 0. The first-order valence-electron chi connectivity index (χ1n) is 6.09. The zero-order chi connectivity index (χ0) is 13.8. The third kappa shape index (κ3) is 2.96. The zero-order valence-electron chi connectivity index (χ0n) is 10.9. The predicted molar refractivity (Wildman–Crippen MR) is 78.8 cm³/mol. The summed E-state index contributed by atoms with van der Waals surface area (Å²) in [5.41, 5.74) is 3.71. The number of nitrogens with zero attached hydrogens (tertiary/aromatic N) is 3. The monoisotopic (exact) mass is 318 g/mol. The average molecular weight is 319 g/mol. The molecule has 0 atom stereocenters. The van der Waals surface area contributed by atoms with Crippen LogP contribution in [-0.2, 0) is 20.0 Å². The normalized spacial score (nSPS) is 10.2. The first-order valence-corrected chi connectivity index (χ1v) is 6.89. The fourth-order valence-electron chi connectivity index (χ4n) is 2.00. The molecule has 0 saturated carbocycles. The Bertz CT molecular complexity index is 625. The molecule has 0 aliphatic rings. The van der Waals surface area contributed by atoms with Crippen molar-refractivity contribution >= 4 is 21.6 Å². The van der Waals surface area contributed by atoms with Gasteiger partial charge in [-0.25, -0.2) is 0 Å². The highest BCUT2D eigenvalue weighted by atomic mass is 79.9. The molecular formula is C14H15BrN4. The number of hydrogen-bond acceptors (Lipinski definition) is 3. The van der Waals surface area contributed by atoms with Crippen LogP contribution in [0.2, 0.25) is 0 Å². The molecule has 1 aromatic carbocycles. The molecule has 0 aliphatic heterocycles. The Morgan fingerprint density at radius 2 is 2.26 bits per heavy atom. The topological polar surface area (TPSA) is 53.6 Å². The largest absolute Gasteiger partial charge is 0.380 e. The third-order valence-electron chi connectivity index (χ3n) is 2.92. The number of halogens is 1. The lowest BCUT2D eigenvalue weighted by molar-refractivity contribution is 0.746. The molecule has 0 aliphatic carbocycles. The second-order valence-electron chi connectivity index (χ2n) is 4.26. The van der Waals surface area contributed by atoms with Gasteiger partial charge in [0.15, 0.2) is 0 Å². The molecule has 0 fully saturated rings. The molecule has 2 aromatic rings. The summed E-state index contributed by atoms with van der Waals surface area (Å²) in [5, 5.41) is 16.9. The van der Waals surface area contributed by atoms with Crippen molar-refractivity contribution in [1.82, 2.24) is 9.78 Å². The van der Waals surface area contributed by atoms with Gasteiger partial charge in [0.25, 0.3) is 0 Å². The van der Waals surface area contributed by atoms with Crippen LogP contribution < -0.4 is 5.32 Å². The van der Waals surface area contributed by atoms with E-state index in [1.165, 1.54) is 0 Å². The number of aryl methyl sites for hydroxylation is 2. The lowest BCUT2D eigenvalue weighted by Gasteiger charge is -2.08. The number of nitriles is 1. The summed E-state index contributed by atoms with van der Waals surface area (Å²) in [7, 11) is 1.92. The van der Waals surface area contributed by atoms with Crippen molar-refractivity contribution < 1.29 is 0 Å². The summed E-state index contributed by atoms with van der Waals surface area (Å²) < 4.78 is 2.63. The van der Waals surface area contributed by atoms with Crippen molar-refractivity contribution in [3.05, 3.63) is 45.7 Å². The molecule has 19 heavy (non-hydrogen) atoms. The highest BCUT2D eigenvalue weighted by molar-refractivity contribution is 9.10. The number of rotatable bonds is 4. The summed E-state index contributed by atoms with van der Waals surface area (Å²) in [6.45, 7) is 2.76. The van der Waals surface area contributed by atoms with Gasteiger partial charge >= 0.3 is 0 Å². The van der Waals surface area contributed by atoms with Gasteiger partial charge in [0.2, 0.25) is 0 Å². The van der Waals surface area contributed by atoms with E-state index in [-0.39, 0.29) is 0 Å². The zero-order valence-corrected chi connectivity index (χ0v) is 12.5. The average Bonchev–Trinajstić information content (AvgIpc) is 2.76. The van der Waals surface area contributed by atoms with Crippen LogP contribution in [-0.4, -0.2) is 9.78 Å². The fraction of sp³-hybridized carbons (Fsp3) is 0.286. The molecule has 0 bridgehead atoms. The van der Waals surface area contributed by atoms with E-state index in [0.29, 0.717) is 12.1 Å². The molecule has 0 unspecified atom stereocenters. The minimum atomic E-state index is 0.629. The molecular weight excluding hydrogens is 304 g/mol. The summed E-state index contributed by atoms with van der Waals surface area (Å²) in [4.78, 5) is 0. The van der Waals surface area contributed by atoms with Gasteiger partial charge < -0.3 is 5.32 Å². The molecule has 0 saturated heterocycles. The van der Waals surface area contributed by atoms with Crippen LogP contribution in [0.25, 0.3) is 0 Å². The van der Waals surface area contributed by atoms with Gasteiger partial charge in [-0.1, -0.05) is 13.0 Å². The van der Waals surface area contributed by atoms with Gasteiger partial charge in [0.05, 0.1) is 16.9 Å². The van der Waals surface area contributed by atoms with Gasteiger partial charge in [-0.05, 0) is 34.5 Å². The second-order valence-corrected chi connectivity index (χ2v) is 5.11. The van der Waals surface area contributed by atoms with E-state index in [1.807, 2.05) is 36.1 Å². The number of hydrogen-bond donors (Lipinski definition) is 1. The molecule has 4 nitrogen and oxygen atoms in total. The van der Waals surface area contributed by atoms with Crippen LogP contribution in [0.1, 0.15) is 23.7 Å². The number of nitrogens with one attached hydrogen (secondary N) is 1. The van der Waals surface area contributed by atoms with Crippen LogP contribution in [0, 0.1) is 11.3 Å². The fourth-order valence-corrected chi connectivity index (χ4v) is 2.46. The first kappa shape index (κ1) is 13.6. The Morgan fingerprint density at radius 3 is 2.95 bits per heavy atom. The van der Waals surface area contributed by atoms with Crippen molar-refractivity contribution in [3.8, 4) is 6.07 Å². The number of aromatic nitrogens is 2. The summed E-state index contributed by atoms with van der Waals surface area (Å²) in [6.07, 6.45) is 2.91. The third-order valence-corrected chi connectivity index (χ3v) is 3.58. The maximum atomic E-state index is 9.16. The van der Waals surface area contributed by atoms with E-state index in [2.05, 4.69) is 39.3 Å². The van der Waals surface area contributed by atoms with Crippen molar-refractivity contribution in [2.75, 3.05) is 5.32 Å². The Balaban J connectivity index is 2.19. The lowest BCUT2D eigenvalue weighted by Crippen LogP contribution is -2.03. The maximum absolute atomic E-state index is 9.16. The standard InChI is InChI=1S/C14H15BrN4/c1-3-13-10(9-19(2)18-13)8-17-14-6-4-5-12(15)11(14)7-16/h4-6,9,17H,3,8H2,1-2H3. The van der Waals surface area contributed by atoms with Gasteiger partial charge in [-0.2, -0.15) is 10.4 Å². The van der Waals surface area contributed by atoms with E-state index in [9.17, 15) is 0 Å². The van der Waals surface area contributed by atoms with Gasteiger partial charge in [0, 0.05) is 29.8 Å². The van der Waals surface area contributed by atoms with Crippen molar-refractivity contribution in [1.29, 1.82) is 5.26 Å². The minimum absolute atomic E-state index is 0.629. The molecule has 5 heteroatoms. The molecule has 1 N–H and O–H groups in total. The molecule has 1 heterocycles. The van der Waals surface area contributed by atoms with Crippen LogP contribution >= 0.6 is 15.9 Å². The van der Waals surface area contributed by atoms with Gasteiger partial charge in [-0.3, -0.25) is 4.68 Å². The first-order chi connectivity index (χ1) is 9.15. The van der Waals surface area contributed by atoms with Crippen molar-refractivity contribution in [2.24, 2.45) is 7.05 Å². The number of benzene rings is 1. The van der Waals surface area contributed by atoms with E-state index in [1.54, 1.807) is 0 Å². The van der Waals surface area contributed by atoms with E-state index in [4.69, 9.17) is 5.26 Å². The predicted octanol–water partition coefficient (Wildman–Crippen LogP) is 3.23. The van der Waals surface area contributed by atoms with Crippen LogP contribution in [0.4, 0.5) is 5.69 Å². The van der Waals surface area contributed by atoms with Crippen LogP contribution in [0.3, 0.4) is 0 Å². The van der Waals surface area contributed by atoms with Crippen LogP contribution in [0.15, 0.2) is 28.9 Å². The molecule has 0 amide bonds. The smallest absolute Gasteiger partial charge is 0.103 e. The highest BCUT2D eigenvalue weighted by Gasteiger charge is 2.08. The van der Waals surface area contributed by atoms with Gasteiger partial charge in [-0.15, -0.1) is 0 Å². The Labute approximate surface area is 121 Å². The quantitative estimate of drug-likeness (QED) is 0.941. The van der Waals surface area contributed by atoms with Crippen molar-refractivity contribution in [2.45, 2.75) is 19.9 Å². The Hall–Kier alpha value is -1.80. The molecule has 0 spiro atoms. The lowest BCUT2D eigenvalue weighted by atomic mass is 10.1. The Kier molecular flexibility index (Phi) is 4.23. The van der Waals surface area contributed by atoms with Gasteiger partial charge in [0.1, 0.15) is 6.07 Å². The molecule has 2 rings (SSSR count). The molecule has 1 aromatic heterocycles. The van der Waals surface area contributed by atoms with Crippen molar-refractivity contribution in [3.63, 3.8) is 0 Å². The Morgan fingerprint density at radius 1 is 1.47 bits per heavy atom. The minimum Gasteiger partial charge on any atom is -0.380 e. The van der Waals surface area contributed by atoms with E-state index < -0.39 is 0 Å². The van der Waals surface area contributed by atoms with Crippen LogP contribution in [0.5, 0.6) is 0 Å². The van der Waals surface area contributed by atoms with E-state index >= 15 is 0 Å². The number of anilines is 1. The summed E-state index contributed by atoms with van der Waals surface area (Å²) >= 11 is 3.39. The molecule has 98 valence electrons. The highest BCUT2D eigenvalue weighted by Crippen LogP contribution is 2.24. The second kappa shape index (κ2) is 5.89. The summed E-state index contributed by atoms with van der Waals surface area (Å²) in [6, 6.07) is 7.89. The van der Waals surface area contributed by atoms with E-state index in [0.717, 1.165) is 27.8 Å². The molecule has 0 radical (unpaired) electrons.